The fourth-order valence-electron chi connectivity index (χ4n) is 3.97. The molecule has 2 aromatic carbocycles. The summed E-state index contributed by atoms with van der Waals surface area (Å²) in [4.78, 5) is 14.1. The Morgan fingerprint density at radius 2 is 1.86 bits per heavy atom. The van der Waals surface area contributed by atoms with Gasteiger partial charge >= 0.3 is 5.97 Å². The summed E-state index contributed by atoms with van der Waals surface area (Å²) < 4.78 is 0. The van der Waals surface area contributed by atoms with Crippen LogP contribution in [0.15, 0.2) is 36.4 Å². The van der Waals surface area contributed by atoms with Crippen molar-refractivity contribution in [2.24, 2.45) is 5.92 Å². The second-order valence-corrected chi connectivity index (χ2v) is 6.40. The molecular formula is C18H20N2O2. The molecule has 0 aliphatic carbocycles. The van der Waals surface area contributed by atoms with Gasteiger partial charge in [-0.2, -0.15) is 0 Å². The first-order valence-electron chi connectivity index (χ1n) is 7.96. The van der Waals surface area contributed by atoms with Crippen molar-refractivity contribution < 1.29 is 9.90 Å². The molecule has 22 heavy (non-hydrogen) atoms. The first kappa shape index (κ1) is 13.6. The Hall–Kier alpha value is -2.07. The minimum absolute atomic E-state index is 0.377. The van der Waals surface area contributed by atoms with Crippen LogP contribution >= 0.6 is 0 Å². The van der Waals surface area contributed by atoms with Gasteiger partial charge in [0.2, 0.25) is 0 Å². The number of carboxylic acids is 1. The van der Waals surface area contributed by atoms with Crippen LogP contribution in [-0.4, -0.2) is 41.7 Å². The van der Waals surface area contributed by atoms with Crippen LogP contribution in [0.4, 0.5) is 5.69 Å². The zero-order valence-electron chi connectivity index (χ0n) is 12.5. The summed E-state index contributed by atoms with van der Waals surface area (Å²) in [6, 6.07) is 11.9. The van der Waals surface area contributed by atoms with Crippen molar-refractivity contribution in [3.63, 3.8) is 0 Å². The summed E-state index contributed by atoms with van der Waals surface area (Å²) in [6.07, 6.45) is 2.49. The first-order chi connectivity index (χ1) is 10.7. The molecule has 0 saturated carbocycles. The van der Waals surface area contributed by atoms with Gasteiger partial charge in [-0.25, -0.2) is 4.79 Å². The van der Waals surface area contributed by atoms with Crippen LogP contribution in [-0.2, 0) is 0 Å². The average molecular weight is 296 g/mol. The van der Waals surface area contributed by atoms with Crippen molar-refractivity contribution in [1.82, 2.24) is 4.90 Å². The number of carbonyl (C=O) groups is 1. The highest BCUT2D eigenvalue weighted by atomic mass is 16.4. The Balaban J connectivity index is 1.74. The van der Waals surface area contributed by atoms with Crippen LogP contribution in [0.5, 0.6) is 0 Å². The summed E-state index contributed by atoms with van der Waals surface area (Å²) in [7, 11) is 0. The first-order valence-corrected chi connectivity index (χ1v) is 7.96. The molecule has 0 radical (unpaired) electrons. The Labute approximate surface area is 129 Å². The van der Waals surface area contributed by atoms with E-state index < -0.39 is 5.97 Å². The lowest BCUT2D eigenvalue weighted by atomic mass is 9.84. The molecule has 5 rings (SSSR count). The monoisotopic (exact) mass is 296 g/mol. The van der Waals surface area contributed by atoms with E-state index in [0.29, 0.717) is 17.5 Å². The third kappa shape index (κ3) is 2.24. The summed E-state index contributed by atoms with van der Waals surface area (Å²) in [5.74, 6) is -0.161. The summed E-state index contributed by atoms with van der Waals surface area (Å²) in [5.41, 5.74) is 1.33. The van der Waals surface area contributed by atoms with E-state index in [9.17, 15) is 9.90 Å². The number of rotatable bonds is 3. The van der Waals surface area contributed by atoms with E-state index in [0.717, 1.165) is 23.0 Å². The highest BCUT2D eigenvalue weighted by molar-refractivity contribution is 6.09. The van der Waals surface area contributed by atoms with Crippen molar-refractivity contribution in [2.45, 2.75) is 18.9 Å². The molecule has 0 aromatic heterocycles. The van der Waals surface area contributed by atoms with Crippen molar-refractivity contribution in [3.8, 4) is 0 Å². The van der Waals surface area contributed by atoms with Crippen molar-refractivity contribution in [3.05, 3.63) is 42.0 Å². The number of nitrogens with zero attached hydrogens (tertiary/aromatic N) is 1. The Bertz CT molecular complexity index is 715. The van der Waals surface area contributed by atoms with Crippen molar-refractivity contribution >= 4 is 22.4 Å². The van der Waals surface area contributed by atoms with E-state index in [2.05, 4.69) is 10.2 Å². The van der Waals surface area contributed by atoms with Crippen LogP contribution < -0.4 is 5.32 Å². The van der Waals surface area contributed by atoms with Gasteiger partial charge in [0.25, 0.3) is 0 Å². The van der Waals surface area contributed by atoms with Gasteiger partial charge in [-0.05, 0) is 49.4 Å². The Morgan fingerprint density at radius 3 is 2.50 bits per heavy atom. The van der Waals surface area contributed by atoms with Gasteiger partial charge in [0.1, 0.15) is 0 Å². The van der Waals surface area contributed by atoms with Gasteiger partial charge in [-0.1, -0.05) is 24.3 Å². The number of aromatic carboxylic acids is 1. The average Bonchev–Trinajstić information content (AvgIpc) is 2.55. The smallest absolute Gasteiger partial charge is 0.336 e. The molecule has 0 unspecified atom stereocenters. The molecule has 0 amide bonds. The number of hydrogen-bond acceptors (Lipinski definition) is 3. The van der Waals surface area contributed by atoms with Gasteiger partial charge in [-0.15, -0.1) is 0 Å². The van der Waals surface area contributed by atoms with Gasteiger partial charge in [0.15, 0.2) is 0 Å². The van der Waals surface area contributed by atoms with E-state index >= 15 is 0 Å². The Kier molecular flexibility index (Phi) is 3.26. The lowest BCUT2D eigenvalue weighted by Gasteiger charge is -2.45. The standard InChI is InChI=1S/C18H20N2O2/c21-18(22)14-5-1-3-13-4-2-6-15(17(13)14)19-16-11-20-9-7-12(16)8-10-20/h1-6,12,16,19H,7-11H2,(H,21,22)/t16-/m1/s1. The highest BCUT2D eigenvalue weighted by Gasteiger charge is 2.34. The van der Waals surface area contributed by atoms with Gasteiger partial charge < -0.3 is 15.3 Å². The van der Waals surface area contributed by atoms with E-state index in [1.54, 1.807) is 6.07 Å². The molecule has 4 nitrogen and oxygen atoms in total. The number of hydrogen-bond donors (Lipinski definition) is 2. The largest absolute Gasteiger partial charge is 0.478 e. The number of benzene rings is 2. The lowest BCUT2D eigenvalue weighted by Crippen LogP contribution is -2.53. The molecule has 114 valence electrons. The van der Waals surface area contributed by atoms with E-state index in [1.807, 2.05) is 30.3 Å². The van der Waals surface area contributed by atoms with Crippen molar-refractivity contribution in [2.75, 3.05) is 25.0 Å². The molecule has 2 bridgehead atoms. The quantitative estimate of drug-likeness (QED) is 0.914. The van der Waals surface area contributed by atoms with Crippen LogP contribution in [0.2, 0.25) is 0 Å². The highest BCUT2D eigenvalue weighted by Crippen LogP contribution is 2.33. The molecule has 4 heteroatoms. The van der Waals surface area contributed by atoms with Crippen LogP contribution in [0, 0.1) is 5.92 Å². The van der Waals surface area contributed by atoms with Crippen LogP contribution in [0.25, 0.3) is 10.8 Å². The van der Waals surface area contributed by atoms with Gasteiger partial charge in [0, 0.05) is 23.7 Å². The minimum atomic E-state index is -0.867. The molecular weight excluding hydrogens is 276 g/mol. The Morgan fingerprint density at radius 1 is 1.14 bits per heavy atom. The van der Waals surface area contributed by atoms with E-state index in [-0.39, 0.29) is 0 Å². The molecule has 3 aliphatic rings. The minimum Gasteiger partial charge on any atom is -0.478 e. The fourth-order valence-corrected chi connectivity index (χ4v) is 3.97. The molecule has 0 spiro atoms. The number of fused-ring (bicyclic) bond motifs is 4. The second kappa shape index (κ2) is 5.29. The number of anilines is 1. The van der Waals surface area contributed by atoms with Gasteiger partial charge in [0.05, 0.1) is 5.56 Å². The number of carboxylic acid groups (broad SMARTS) is 1. The molecule has 3 heterocycles. The predicted molar refractivity (Wildman–Crippen MR) is 87.5 cm³/mol. The third-order valence-electron chi connectivity index (χ3n) is 5.13. The number of piperidine rings is 3. The topological polar surface area (TPSA) is 52.6 Å². The normalized spacial score (nSPS) is 27.0. The fraction of sp³-hybridized carbons (Fsp3) is 0.389. The maximum absolute atomic E-state index is 11.6. The molecule has 1 atom stereocenters. The van der Waals surface area contributed by atoms with E-state index in [1.165, 1.54) is 25.9 Å². The maximum Gasteiger partial charge on any atom is 0.336 e. The summed E-state index contributed by atoms with van der Waals surface area (Å²) in [6.45, 7) is 3.48. The number of nitrogens with one attached hydrogen (secondary N) is 1. The second-order valence-electron chi connectivity index (χ2n) is 6.40. The zero-order chi connectivity index (χ0) is 15.1. The molecule has 3 saturated heterocycles. The molecule has 3 aliphatic heterocycles. The molecule has 2 aromatic rings. The maximum atomic E-state index is 11.6. The predicted octanol–water partition coefficient (Wildman–Crippen LogP) is 3.04. The molecule has 3 fully saturated rings. The summed E-state index contributed by atoms with van der Waals surface area (Å²) in [5, 5.41) is 14.9. The van der Waals surface area contributed by atoms with Crippen LogP contribution in [0.3, 0.4) is 0 Å². The third-order valence-corrected chi connectivity index (χ3v) is 5.13. The summed E-state index contributed by atoms with van der Waals surface area (Å²) >= 11 is 0. The molecule has 2 N–H and O–H groups in total. The van der Waals surface area contributed by atoms with E-state index in [4.69, 9.17) is 0 Å². The lowest BCUT2D eigenvalue weighted by molar-refractivity contribution is 0.0699. The SMILES string of the molecule is O=C(O)c1cccc2cccc(N[C@@H]3CN4CCC3CC4)c12. The zero-order valence-corrected chi connectivity index (χ0v) is 12.5. The van der Waals surface area contributed by atoms with Gasteiger partial charge in [-0.3, -0.25) is 0 Å². The van der Waals surface area contributed by atoms with Crippen molar-refractivity contribution in [1.29, 1.82) is 0 Å². The van der Waals surface area contributed by atoms with Crippen LogP contribution in [0.1, 0.15) is 23.2 Å².